The second-order valence-electron chi connectivity index (χ2n) is 8.73. The Morgan fingerprint density at radius 3 is 2.68 bits per heavy atom. The molecule has 5 heteroatoms. The zero-order valence-corrected chi connectivity index (χ0v) is 18.1. The highest BCUT2D eigenvalue weighted by molar-refractivity contribution is 5.86. The van der Waals surface area contributed by atoms with E-state index in [1.165, 1.54) is 10.1 Å². The van der Waals surface area contributed by atoms with E-state index in [-0.39, 0.29) is 0 Å². The van der Waals surface area contributed by atoms with E-state index in [0.29, 0.717) is 11.6 Å². The molecule has 1 aliphatic rings. The standard InChI is InChI=1S/C26H30N4O/c1-18-25(19(2)31-28-18)22-14-24-23(17-29(3)26(24)27-15-22)13-20-9-11-30(12-10-20)16-21-7-5-4-6-8-21/h4-8,14-15,17,20H,9-13,16H2,1-3H3/i3D3. The van der Waals surface area contributed by atoms with E-state index < -0.39 is 6.98 Å². The molecule has 0 unspecified atom stereocenters. The fourth-order valence-corrected chi connectivity index (χ4v) is 4.87. The van der Waals surface area contributed by atoms with Crippen molar-refractivity contribution in [2.75, 3.05) is 13.1 Å². The van der Waals surface area contributed by atoms with Crippen molar-refractivity contribution in [2.45, 2.75) is 39.7 Å². The van der Waals surface area contributed by atoms with Gasteiger partial charge in [-0.1, -0.05) is 35.5 Å². The lowest BCUT2D eigenvalue weighted by atomic mass is 9.89. The first kappa shape index (κ1) is 16.7. The molecule has 0 atom stereocenters. The summed E-state index contributed by atoms with van der Waals surface area (Å²) in [6.45, 7) is 4.62. The second kappa shape index (κ2) is 8.31. The van der Waals surface area contributed by atoms with Crippen LogP contribution >= 0.6 is 0 Å². The Labute approximate surface area is 187 Å². The van der Waals surface area contributed by atoms with Gasteiger partial charge in [0, 0.05) is 46.5 Å². The minimum atomic E-state index is -2.27. The van der Waals surface area contributed by atoms with E-state index >= 15 is 0 Å². The van der Waals surface area contributed by atoms with Crippen molar-refractivity contribution in [3.05, 3.63) is 71.4 Å². The molecule has 5 rings (SSSR count). The Balaban J connectivity index is 1.39. The average Bonchev–Trinajstić information content (AvgIpc) is 3.35. The molecule has 4 heterocycles. The second-order valence-corrected chi connectivity index (χ2v) is 8.73. The summed E-state index contributed by atoms with van der Waals surface area (Å²) in [7, 11) is 0. The van der Waals surface area contributed by atoms with Crippen LogP contribution in [0.15, 0.2) is 53.3 Å². The lowest BCUT2D eigenvalue weighted by Crippen LogP contribution is -2.33. The third-order valence-electron chi connectivity index (χ3n) is 6.51. The van der Waals surface area contributed by atoms with Crippen LogP contribution in [0.2, 0.25) is 0 Å². The molecule has 0 saturated carbocycles. The number of hydrogen-bond acceptors (Lipinski definition) is 4. The topological polar surface area (TPSA) is 47.1 Å². The summed E-state index contributed by atoms with van der Waals surface area (Å²) in [4.78, 5) is 7.09. The highest BCUT2D eigenvalue weighted by Gasteiger charge is 2.22. The van der Waals surface area contributed by atoms with E-state index in [1.54, 1.807) is 12.4 Å². The lowest BCUT2D eigenvalue weighted by Gasteiger charge is -2.32. The molecule has 0 bridgehead atoms. The van der Waals surface area contributed by atoms with Gasteiger partial charge in [-0.25, -0.2) is 4.98 Å². The number of likely N-dealkylation sites (tertiary alicyclic amines) is 1. The van der Waals surface area contributed by atoms with Crippen molar-refractivity contribution < 1.29 is 8.64 Å². The predicted octanol–water partition coefficient (Wildman–Crippen LogP) is 5.30. The van der Waals surface area contributed by atoms with Gasteiger partial charge < -0.3 is 9.09 Å². The maximum Gasteiger partial charge on any atom is 0.141 e. The number of pyridine rings is 1. The number of fused-ring (bicyclic) bond motifs is 1. The summed E-state index contributed by atoms with van der Waals surface area (Å²) < 4.78 is 30.7. The van der Waals surface area contributed by atoms with Gasteiger partial charge in [0.15, 0.2) is 0 Å². The lowest BCUT2D eigenvalue weighted by molar-refractivity contribution is 0.177. The molecule has 0 amide bonds. The third kappa shape index (κ3) is 4.02. The molecule has 160 valence electrons. The Bertz CT molecular complexity index is 1270. The Morgan fingerprint density at radius 1 is 1.16 bits per heavy atom. The zero-order valence-electron chi connectivity index (χ0n) is 21.1. The molecule has 0 N–H and O–H groups in total. The van der Waals surface area contributed by atoms with Crippen molar-refractivity contribution in [1.82, 2.24) is 19.6 Å². The molecule has 3 aromatic heterocycles. The van der Waals surface area contributed by atoms with Crippen molar-refractivity contribution in [3.63, 3.8) is 0 Å². The van der Waals surface area contributed by atoms with E-state index in [9.17, 15) is 0 Å². The Morgan fingerprint density at radius 2 is 1.97 bits per heavy atom. The largest absolute Gasteiger partial charge is 0.361 e. The number of aryl methyl sites for hydroxylation is 3. The molecule has 5 nitrogen and oxygen atoms in total. The average molecular weight is 418 g/mol. The summed E-state index contributed by atoms with van der Waals surface area (Å²) in [6, 6.07) is 12.6. The number of rotatable bonds is 5. The predicted molar refractivity (Wildman–Crippen MR) is 124 cm³/mol. The first-order chi connectivity index (χ1) is 16.3. The smallest absolute Gasteiger partial charge is 0.141 e. The van der Waals surface area contributed by atoms with E-state index in [2.05, 4.69) is 51.4 Å². The van der Waals surface area contributed by atoms with Crippen molar-refractivity contribution in [3.8, 4) is 11.1 Å². The van der Waals surface area contributed by atoms with Crippen LogP contribution in [0.3, 0.4) is 0 Å². The maximum atomic E-state index is 8.01. The van der Waals surface area contributed by atoms with Crippen LogP contribution in [0.5, 0.6) is 0 Å². The molecular weight excluding hydrogens is 384 g/mol. The van der Waals surface area contributed by atoms with Crippen LogP contribution in [0, 0.1) is 19.8 Å². The Hall–Kier alpha value is -2.92. The van der Waals surface area contributed by atoms with Gasteiger partial charge in [-0.15, -0.1) is 0 Å². The summed E-state index contributed by atoms with van der Waals surface area (Å²) in [5.74, 6) is 1.26. The summed E-state index contributed by atoms with van der Waals surface area (Å²) >= 11 is 0. The number of benzene rings is 1. The van der Waals surface area contributed by atoms with E-state index in [4.69, 9.17) is 8.64 Å². The molecule has 0 radical (unpaired) electrons. The van der Waals surface area contributed by atoms with E-state index in [1.807, 2.05) is 13.8 Å². The molecule has 0 spiro atoms. The monoisotopic (exact) mass is 417 g/mol. The fraction of sp³-hybridized carbons (Fsp3) is 0.385. The summed E-state index contributed by atoms with van der Waals surface area (Å²) in [5.41, 5.74) is 5.55. The van der Waals surface area contributed by atoms with Gasteiger partial charge in [0.25, 0.3) is 0 Å². The quantitative estimate of drug-likeness (QED) is 0.442. The third-order valence-corrected chi connectivity index (χ3v) is 6.51. The van der Waals surface area contributed by atoms with Gasteiger partial charge >= 0.3 is 0 Å². The first-order valence-corrected chi connectivity index (χ1v) is 11.0. The molecule has 4 aromatic rings. The van der Waals surface area contributed by atoms with Gasteiger partial charge in [-0.05, 0) is 69.3 Å². The Kier molecular flexibility index (Phi) is 4.49. The maximum absolute atomic E-state index is 8.01. The van der Waals surface area contributed by atoms with Gasteiger partial charge in [-0.3, -0.25) is 4.90 Å². The number of nitrogens with zero attached hydrogens (tertiary/aromatic N) is 4. The van der Waals surface area contributed by atoms with Gasteiger partial charge in [-0.2, -0.15) is 0 Å². The summed E-state index contributed by atoms with van der Waals surface area (Å²) in [5, 5.41) is 4.97. The molecular formula is C26H30N4O. The van der Waals surface area contributed by atoms with Gasteiger partial charge in [0.05, 0.1) is 5.69 Å². The number of aromatic nitrogens is 3. The minimum absolute atomic E-state index is 0.507. The van der Waals surface area contributed by atoms with Crippen molar-refractivity contribution in [1.29, 1.82) is 0 Å². The molecule has 0 aliphatic carbocycles. The molecule has 1 aromatic carbocycles. The van der Waals surface area contributed by atoms with Crippen molar-refractivity contribution >= 4 is 11.0 Å². The molecule has 1 saturated heterocycles. The van der Waals surface area contributed by atoms with E-state index in [0.717, 1.165) is 72.4 Å². The van der Waals surface area contributed by atoms with Crippen molar-refractivity contribution in [2.24, 2.45) is 12.9 Å². The summed E-state index contributed by atoms with van der Waals surface area (Å²) in [6.07, 6.45) is 6.57. The minimum Gasteiger partial charge on any atom is -0.361 e. The highest BCUT2D eigenvalue weighted by atomic mass is 16.5. The van der Waals surface area contributed by atoms with Crippen LogP contribution in [0.4, 0.5) is 0 Å². The van der Waals surface area contributed by atoms with Crippen LogP contribution in [-0.4, -0.2) is 32.7 Å². The van der Waals surface area contributed by atoms with Crippen LogP contribution in [0.25, 0.3) is 22.2 Å². The molecule has 1 fully saturated rings. The normalized spacial score (nSPS) is 17.5. The van der Waals surface area contributed by atoms with Crippen LogP contribution in [-0.2, 0) is 19.9 Å². The fourth-order valence-electron chi connectivity index (χ4n) is 4.87. The first-order valence-electron chi connectivity index (χ1n) is 12.5. The highest BCUT2D eigenvalue weighted by Crippen LogP contribution is 2.32. The molecule has 31 heavy (non-hydrogen) atoms. The van der Waals surface area contributed by atoms with Gasteiger partial charge in [0.1, 0.15) is 11.4 Å². The SMILES string of the molecule is [2H]C([2H])([2H])n1cc(CC2CCN(Cc3ccccc3)CC2)c2cc(-c3c(C)noc3C)cnc21. The van der Waals surface area contributed by atoms with Crippen LogP contribution in [0.1, 0.15) is 39.5 Å². The zero-order chi connectivity index (χ0) is 23.9. The molecule has 1 aliphatic heterocycles. The number of piperidine rings is 1. The van der Waals surface area contributed by atoms with Crippen LogP contribution < -0.4 is 0 Å². The van der Waals surface area contributed by atoms with Gasteiger partial charge in [0.2, 0.25) is 0 Å². The number of hydrogen-bond donors (Lipinski definition) is 0.